The van der Waals surface area contributed by atoms with E-state index < -0.39 is 0 Å². The summed E-state index contributed by atoms with van der Waals surface area (Å²) >= 11 is 0. The van der Waals surface area contributed by atoms with Crippen molar-refractivity contribution >= 4 is 0 Å². The van der Waals surface area contributed by atoms with Gasteiger partial charge >= 0.3 is 0 Å². The molecular formula is C16H17F. The highest BCUT2D eigenvalue weighted by Crippen LogP contribution is 2.28. The van der Waals surface area contributed by atoms with Gasteiger partial charge in [-0.3, -0.25) is 0 Å². The van der Waals surface area contributed by atoms with Gasteiger partial charge in [-0.15, -0.1) is 0 Å². The number of rotatable bonds is 1. The van der Waals surface area contributed by atoms with Gasteiger partial charge in [0.25, 0.3) is 0 Å². The summed E-state index contributed by atoms with van der Waals surface area (Å²) in [6.45, 7) is 6.26. The van der Waals surface area contributed by atoms with Gasteiger partial charge in [-0.25, -0.2) is 4.39 Å². The van der Waals surface area contributed by atoms with Crippen molar-refractivity contribution in [3.63, 3.8) is 0 Å². The summed E-state index contributed by atoms with van der Waals surface area (Å²) in [5.41, 5.74) is 2.59. The van der Waals surface area contributed by atoms with E-state index in [0.29, 0.717) is 5.56 Å². The van der Waals surface area contributed by atoms with E-state index in [2.05, 4.69) is 20.8 Å². The largest absolute Gasteiger partial charge is 0.206 e. The second-order valence-electron chi connectivity index (χ2n) is 5.31. The summed E-state index contributed by atoms with van der Waals surface area (Å²) in [6.07, 6.45) is 0. The van der Waals surface area contributed by atoms with Gasteiger partial charge in [-0.2, -0.15) is 0 Å². The maximum absolute atomic E-state index is 14.1. The molecule has 0 aliphatic rings. The van der Waals surface area contributed by atoms with Crippen LogP contribution in [0.25, 0.3) is 11.1 Å². The lowest BCUT2D eigenvalue weighted by Crippen LogP contribution is -2.11. The fourth-order valence-corrected chi connectivity index (χ4v) is 1.83. The van der Waals surface area contributed by atoms with Gasteiger partial charge < -0.3 is 0 Å². The average Bonchev–Trinajstić information content (AvgIpc) is 2.29. The molecule has 0 aliphatic carbocycles. The van der Waals surface area contributed by atoms with Gasteiger partial charge in [0.15, 0.2) is 0 Å². The van der Waals surface area contributed by atoms with Gasteiger partial charge in [-0.1, -0.05) is 63.2 Å². The maximum Gasteiger partial charge on any atom is 0.131 e. The SMILES string of the molecule is CC(C)(C)c1ccc(-c2ccccc2)c(F)c1. The quantitative estimate of drug-likeness (QED) is 0.658. The summed E-state index contributed by atoms with van der Waals surface area (Å²) in [5.74, 6) is -0.149. The molecule has 0 N–H and O–H groups in total. The molecule has 0 heterocycles. The Balaban J connectivity index is 2.46. The van der Waals surface area contributed by atoms with Crippen LogP contribution in [0, 0.1) is 5.82 Å². The molecule has 0 aliphatic heterocycles. The van der Waals surface area contributed by atoms with Gasteiger partial charge in [-0.05, 0) is 22.6 Å². The highest BCUT2D eigenvalue weighted by molar-refractivity contribution is 5.64. The Hall–Kier alpha value is -1.63. The van der Waals surface area contributed by atoms with Crippen LogP contribution in [0.2, 0.25) is 0 Å². The van der Waals surface area contributed by atoms with E-state index >= 15 is 0 Å². The Labute approximate surface area is 102 Å². The van der Waals surface area contributed by atoms with Crippen LogP contribution in [0.15, 0.2) is 48.5 Å². The number of hydrogen-bond donors (Lipinski definition) is 0. The molecule has 0 aromatic heterocycles. The second kappa shape index (κ2) is 4.33. The predicted molar refractivity (Wildman–Crippen MR) is 70.5 cm³/mol. The van der Waals surface area contributed by atoms with E-state index in [1.165, 1.54) is 0 Å². The number of halogens is 1. The first-order valence-electron chi connectivity index (χ1n) is 5.84. The van der Waals surface area contributed by atoms with E-state index in [1.807, 2.05) is 42.5 Å². The summed E-state index contributed by atoms with van der Waals surface area (Å²) in [4.78, 5) is 0. The van der Waals surface area contributed by atoms with Crippen LogP contribution < -0.4 is 0 Å². The van der Waals surface area contributed by atoms with Crippen molar-refractivity contribution in [3.8, 4) is 11.1 Å². The van der Waals surface area contributed by atoms with Crippen LogP contribution in [-0.2, 0) is 5.41 Å². The smallest absolute Gasteiger partial charge is 0.131 e. The molecule has 0 fully saturated rings. The molecule has 2 aromatic rings. The molecule has 1 heteroatoms. The zero-order valence-electron chi connectivity index (χ0n) is 10.5. The average molecular weight is 228 g/mol. The van der Waals surface area contributed by atoms with Crippen molar-refractivity contribution in [1.29, 1.82) is 0 Å². The molecule has 0 saturated carbocycles. The van der Waals surface area contributed by atoms with Crippen molar-refractivity contribution in [3.05, 3.63) is 59.9 Å². The Bertz CT molecular complexity index is 507. The molecule has 0 bridgehead atoms. The maximum atomic E-state index is 14.1. The van der Waals surface area contributed by atoms with Crippen molar-refractivity contribution in [1.82, 2.24) is 0 Å². The van der Waals surface area contributed by atoms with Crippen molar-refractivity contribution < 1.29 is 4.39 Å². The molecule has 0 spiro atoms. The monoisotopic (exact) mass is 228 g/mol. The molecular weight excluding hydrogens is 211 g/mol. The lowest BCUT2D eigenvalue weighted by Gasteiger charge is -2.19. The third-order valence-corrected chi connectivity index (χ3v) is 2.92. The van der Waals surface area contributed by atoms with Crippen molar-refractivity contribution in [2.75, 3.05) is 0 Å². The predicted octanol–water partition coefficient (Wildman–Crippen LogP) is 4.79. The summed E-state index contributed by atoms with van der Waals surface area (Å²) in [5, 5.41) is 0. The van der Waals surface area contributed by atoms with Crippen LogP contribution in [0.3, 0.4) is 0 Å². The standard InChI is InChI=1S/C16H17F/c1-16(2,3)13-9-10-14(15(17)11-13)12-7-5-4-6-8-12/h4-11H,1-3H3. The first-order valence-corrected chi connectivity index (χ1v) is 5.84. The van der Waals surface area contributed by atoms with Gasteiger partial charge in [0.05, 0.1) is 0 Å². The molecule has 2 aromatic carbocycles. The molecule has 0 saturated heterocycles. The van der Waals surface area contributed by atoms with Gasteiger partial charge in [0, 0.05) is 5.56 Å². The first-order chi connectivity index (χ1) is 7.98. The number of benzene rings is 2. The summed E-state index contributed by atoms with van der Waals surface area (Å²) < 4.78 is 14.1. The van der Waals surface area contributed by atoms with Crippen molar-refractivity contribution in [2.45, 2.75) is 26.2 Å². The highest BCUT2D eigenvalue weighted by atomic mass is 19.1. The Kier molecular flexibility index (Phi) is 3.01. The Morgan fingerprint density at radius 2 is 1.53 bits per heavy atom. The first kappa shape index (κ1) is 11.8. The van der Waals surface area contributed by atoms with Crippen LogP contribution in [0.4, 0.5) is 4.39 Å². The molecule has 0 atom stereocenters. The van der Waals surface area contributed by atoms with Gasteiger partial charge in [0.1, 0.15) is 5.82 Å². The van der Waals surface area contributed by atoms with E-state index in [-0.39, 0.29) is 11.2 Å². The fourth-order valence-electron chi connectivity index (χ4n) is 1.83. The zero-order chi connectivity index (χ0) is 12.5. The molecule has 0 unspecified atom stereocenters. The lowest BCUT2D eigenvalue weighted by atomic mass is 9.86. The zero-order valence-corrected chi connectivity index (χ0v) is 10.5. The third-order valence-electron chi connectivity index (χ3n) is 2.92. The molecule has 0 amide bonds. The van der Waals surface area contributed by atoms with Gasteiger partial charge in [0.2, 0.25) is 0 Å². The van der Waals surface area contributed by atoms with E-state index in [9.17, 15) is 4.39 Å². The van der Waals surface area contributed by atoms with E-state index in [0.717, 1.165) is 11.1 Å². The Morgan fingerprint density at radius 1 is 0.882 bits per heavy atom. The minimum absolute atomic E-state index is 0.0178. The van der Waals surface area contributed by atoms with Crippen molar-refractivity contribution in [2.24, 2.45) is 0 Å². The topological polar surface area (TPSA) is 0 Å². The molecule has 17 heavy (non-hydrogen) atoms. The number of hydrogen-bond acceptors (Lipinski definition) is 0. The normalized spacial score (nSPS) is 11.5. The third kappa shape index (κ3) is 2.55. The lowest BCUT2D eigenvalue weighted by molar-refractivity contribution is 0.573. The minimum Gasteiger partial charge on any atom is -0.206 e. The summed E-state index contributed by atoms with van der Waals surface area (Å²) in [6, 6.07) is 15.1. The molecule has 2 rings (SSSR count). The molecule has 0 radical (unpaired) electrons. The van der Waals surface area contributed by atoms with Crippen LogP contribution >= 0.6 is 0 Å². The molecule has 0 nitrogen and oxygen atoms in total. The van der Waals surface area contributed by atoms with Crippen LogP contribution in [0.1, 0.15) is 26.3 Å². The van der Waals surface area contributed by atoms with E-state index in [4.69, 9.17) is 0 Å². The van der Waals surface area contributed by atoms with Crippen LogP contribution in [-0.4, -0.2) is 0 Å². The second-order valence-corrected chi connectivity index (χ2v) is 5.31. The van der Waals surface area contributed by atoms with E-state index in [1.54, 1.807) is 6.07 Å². The Morgan fingerprint density at radius 3 is 2.06 bits per heavy atom. The fraction of sp³-hybridized carbons (Fsp3) is 0.250. The molecule has 88 valence electrons. The summed E-state index contributed by atoms with van der Waals surface area (Å²) in [7, 11) is 0. The van der Waals surface area contributed by atoms with Crippen LogP contribution in [0.5, 0.6) is 0 Å². The minimum atomic E-state index is -0.149. The highest BCUT2D eigenvalue weighted by Gasteiger charge is 2.15.